The Kier molecular flexibility index (Phi) is 4.46. The highest BCUT2D eigenvalue weighted by molar-refractivity contribution is 9.10. The third kappa shape index (κ3) is 3.26. The van der Waals surface area contributed by atoms with Gasteiger partial charge in [0.2, 0.25) is 10.0 Å². The summed E-state index contributed by atoms with van der Waals surface area (Å²) in [6, 6.07) is 3.65. The number of nitrogens with one attached hydrogen (secondary N) is 1. The number of benzene rings is 1. The van der Waals surface area contributed by atoms with Crippen LogP contribution in [0.1, 0.15) is 20.3 Å². The summed E-state index contributed by atoms with van der Waals surface area (Å²) < 4.78 is 39.9. The first kappa shape index (κ1) is 13.6. The van der Waals surface area contributed by atoms with Crippen molar-refractivity contribution >= 4 is 26.0 Å². The Morgan fingerprint density at radius 1 is 1.50 bits per heavy atom. The van der Waals surface area contributed by atoms with Crippen LogP contribution < -0.4 is 4.72 Å². The monoisotopic (exact) mass is 309 g/mol. The maximum Gasteiger partial charge on any atom is 0.243 e. The quantitative estimate of drug-likeness (QED) is 0.929. The lowest BCUT2D eigenvalue weighted by Crippen LogP contribution is -2.32. The Morgan fingerprint density at radius 3 is 2.62 bits per heavy atom. The van der Waals surface area contributed by atoms with Crippen molar-refractivity contribution < 1.29 is 12.8 Å². The molecule has 0 aromatic heterocycles. The van der Waals surface area contributed by atoms with Crippen molar-refractivity contribution in [2.75, 3.05) is 0 Å². The third-order valence-corrected chi connectivity index (χ3v) is 4.27. The van der Waals surface area contributed by atoms with E-state index in [-0.39, 0.29) is 10.9 Å². The zero-order valence-corrected chi connectivity index (χ0v) is 11.4. The number of sulfonamides is 1. The SMILES string of the molecule is CCC(C)NS(=O)(=O)c1ccc(Br)cc1F. The zero-order chi connectivity index (χ0) is 12.3. The van der Waals surface area contributed by atoms with E-state index >= 15 is 0 Å². The van der Waals surface area contributed by atoms with E-state index in [0.717, 1.165) is 6.07 Å². The van der Waals surface area contributed by atoms with Crippen LogP contribution in [0.3, 0.4) is 0 Å². The summed E-state index contributed by atoms with van der Waals surface area (Å²) in [6.07, 6.45) is 0.650. The van der Waals surface area contributed by atoms with Gasteiger partial charge in [-0.25, -0.2) is 17.5 Å². The normalized spacial score (nSPS) is 13.8. The summed E-state index contributed by atoms with van der Waals surface area (Å²) in [6.45, 7) is 3.58. The maximum atomic E-state index is 13.5. The Bertz CT molecular complexity index is 476. The van der Waals surface area contributed by atoms with Gasteiger partial charge in [0.05, 0.1) is 0 Å². The van der Waals surface area contributed by atoms with Gasteiger partial charge >= 0.3 is 0 Å². The summed E-state index contributed by atoms with van der Waals surface area (Å²) in [5.41, 5.74) is 0. The Hall–Kier alpha value is -0.460. The molecule has 3 nitrogen and oxygen atoms in total. The van der Waals surface area contributed by atoms with Gasteiger partial charge in [0.25, 0.3) is 0 Å². The number of rotatable bonds is 4. The average Bonchev–Trinajstić information content (AvgIpc) is 2.16. The Labute approximate surface area is 103 Å². The summed E-state index contributed by atoms with van der Waals surface area (Å²) in [5, 5.41) is 0. The van der Waals surface area contributed by atoms with Crippen LogP contribution in [0.25, 0.3) is 0 Å². The molecule has 0 aliphatic heterocycles. The van der Waals surface area contributed by atoms with Crippen LogP contribution in [0.2, 0.25) is 0 Å². The van der Waals surface area contributed by atoms with Gasteiger partial charge in [0.1, 0.15) is 10.7 Å². The summed E-state index contributed by atoms with van der Waals surface area (Å²) in [4.78, 5) is -0.323. The first-order chi connectivity index (χ1) is 7.36. The van der Waals surface area contributed by atoms with Crippen LogP contribution in [-0.4, -0.2) is 14.5 Å². The largest absolute Gasteiger partial charge is 0.243 e. The minimum Gasteiger partial charge on any atom is -0.208 e. The Morgan fingerprint density at radius 2 is 2.12 bits per heavy atom. The van der Waals surface area contributed by atoms with Crippen molar-refractivity contribution in [1.29, 1.82) is 0 Å². The number of hydrogen-bond acceptors (Lipinski definition) is 2. The van der Waals surface area contributed by atoms with Gasteiger partial charge in [-0.15, -0.1) is 0 Å². The first-order valence-corrected chi connectivity index (χ1v) is 7.12. The standard InChI is InChI=1S/C10H13BrFNO2S/c1-3-7(2)13-16(14,15)10-5-4-8(11)6-9(10)12/h4-7,13H,3H2,1-2H3. The van der Waals surface area contributed by atoms with Gasteiger partial charge in [-0.2, -0.15) is 0 Å². The van der Waals surface area contributed by atoms with Crippen molar-refractivity contribution in [2.24, 2.45) is 0 Å². The second-order valence-corrected chi connectivity index (χ2v) is 6.10. The molecule has 0 heterocycles. The number of halogens is 2. The van der Waals surface area contributed by atoms with Crippen LogP contribution in [0, 0.1) is 5.82 Å². The van der Waals surface area contributed by atoms with E-state index in [9.17, 15) is 12.8 Å². The minimum atomic E-state index is -3.76. The molecule has 0 spiro atoms. The molecular formula is C10H13BrFNO2S. The molecule has 1 unspecified atom stereocenters. The van der Waals surface area contributed by atoms with Gasteiger partial charge in [0.15, 0.2) is 0 Å². The van der Waals surface area contributed by atoms with Crippen molar-refractivity contribution in [3.63, 3.8) is 0 Å². The van der Waals surface area contributed by atoms with Gasteiger partial charge in [-0.05, 0) is 31.5 Å². The van der Waals surface area contributed by atoms with Crippen LogP contribution in [0.4, 0.5) is 4.39 Å². The third-order valence-electron chi connectivity index (χ3n) is 2.15. The van der Waals surface area contributed by atoms with Crippen molar-refractivity contribution in [3.8, 4) is 0 Å². The average molecular weight is 310 g/mol. The van der Waals surface area contributed by atoms with E-state index in [1.807, 2.05) is 6.92 Å². The van der Waals surface area contributed by atoms with Gasteiger partial charge in [-0.1, -0.05) is 22.9 Å². The molecule has 0 saturated carbocycles. The zero-order valence-electron chi connectivity index (χ0n) is 9.00. The molecule has 0 radical (unpaired) electrons. The van der Waals surface area contributed by atoms with Crippen molar-refractivity contribution in [3.05, 3.63) is 28.5 Å². The second-order valence-electron chi connectivity index (χ2n) is 3.51. The lowest BCUT2D eigenvalue weighted by Gasteiger charge is -2.12. The predicted octanol–water partition coefficient (Wildman–Crippen LogP) is 2.67. The Balaban J connectivity index is 3.08. The molecule has 0 saturated heterocycles. The topological polar surface area (TPSA) is 46.2 Å². The maximum absolute atomic E-state index is 13.5. The summed E-state index contributed by atoms with van der Waals surface area (Å²) in [5.74, 6) is -0.759. The highest BCUT2D eigenvalue weighted by Gasteiger charge is 2.20. The fourth-order valence-electron chi connectivity index (χ4n) is 1.10. The molecule has 90 valence electrons. The molecule has 1 rings (SSSR count). The minimum absolute atomic E-state index is 0.215. The van der Waals surface area contributed by atoms with Gasteiger partial charge in [-0.3, -0.25) is 0 Å². The van der Waals surface area contributed by atoms with E-state index in [1.165, 1.54) is 12.1 Å². The van der Waals surface area contributed by atoms with Crippen LogP contribution in [0.5, 0.6) is 0 Å². The lowest BCUT2D eigenvalue weighted by molar-refractivity contribution is 0.539. The van der Waals surface area contributed by atoms with Crippen molar-refractivity contribution in [1.82, 2.24) is 4.72 Å². The number of hydrogen-bond donors (Lipinski definition) is 1. The fraction of sp³-hybridized carbons (Fsp3) is 0.400. The molecule has 0 bridgehead atoms. The molecule has 1 atom stereocenters. The second kappa shape index (κ2) is 5.25. The molecule has 0 aliphatic rings. The summed E-state index contributed by atoms with van der Waals surface area (Å²) in [7, 11) is -3.76. The van der Waals surface area contributed by atoms with E-state index in [0.29, 0.717) is 10.9 Å². The van der Waals surface area contributed by atoms with Crippen LogP contribution in [-0.2, 0) is 10.0 Å². The highest BCUT2D eigenvalue weighted by atomic mass is 79.9. The van der Waals surface area contributed by atoms with Crippen molar-refractivity contribution in [2.45, 2.75) is 31.2 Å². The summed E-state index contributed by atoms with van der Waals surface area (Å²) >= 11 is 3.07. The predicted molar refractivity (Wildman–Crippen MR) is 64.2 cm³/mol. The fourth-order valence-corrected chi connectivity index (χ4v) is 2.82. The van der Waals surface area contributed by atoms with E-state index < -0.39 is 15.8 Å². The first-order valence-electron chi connectivity index (χ1n) is 4.84. The molecule has 6 heteroatoms. The molecular weight excluding hydrogens is 297 g/mol. The molecule has 0 fully saturated rings. The molecule has 16 heavy (non-hydrogen) atoms. The molecule has 1 N–H and O–H groups in total. The van der Waals surface area contributed by atoms with Gasteiger partial charge < -0.3 is 0 Å². The lowest BCUT2D eigenvalue weighted by atomic mass is 10.3. The van der Waals surface area contributed by atoms with E-state index in [4.69, 9.17) is 0 Å². The molecule has 1 aromatic carbocycles. The smallest absolute Gasteiger partial charge is 0.208 e. The van der Waals surface area contributed by atoms with E-state index in [2.05, 4.69) is 20.7 Å². The van der Waals surface area contributed by atoms with Gasteiger partial charge in [0, 0.05) is 10.5 Å². The molecule has 0 aliphatic carbocycles. The van der Waals surface area contributed by atoms with E-state index in [1.54, 1.807) is 6.92 Å². The van der Waals surface area contributed by atoms with Crippen LogP contribution >= 0.6 is 15.9 Å². The molecule has 0 amide bonds. The highest BCUT2D eigenvalue weighted by Crippen LogP contribution is 2.19. The van der Waals surface area contributed by atoms with Crippen LogP contribution in [0.15, 0.2) is 27.6 Å². The molecule has 1 aromatic rings.